The van der Waals surface area contributed by atoms with Gasteiger partial charge in [-0.15, -0.1) is 0 Å². The molecule has 0 unspecified atom stereocenters. The summed E-state index contributed by atoms with van der Waals surface area (Å²) in [7, 11) is 0. The first kappa shape index (κ1) is 18.6. The predicted molar refractivity (Wildman–Crippen MR) is 87.9 cm³/mol. The van der Waals surface area contributed by atoms with Crippen molar-refractivity contribution in [2.45, 2.75) is 26.3 Å². The zero-order valence-corrected chi connectivity index (χ0v) is 14.0. The summed E-state index contributed by atoms with van der Waals surface area (Å²) in [5.74, 6) is -2.20. The number of nitrogens with one attached hydrogen (secondary N) is 2. The van der Waals surface area contributed by atoms with Crippen molar-refractivity contribution in [2.24, 2.45) is 5.92 Å². The van der Waals surface area contributed by atoms with Crippen LogP contribution in [0.15, 0.2) is 41.0 Å². The third-order valence-electron chi connectivity index (χ3n) is 3.62. The smallest absolute Gasteiger partial charge is 0.287 e. The summed E-state index contributed by atoms with van der Waals surface area (Å²) in [5, 5.41) is 5.29. The molecule has 7 heteroatoms. The van der Waals surface area contributed by atoms with E-state index in [0.29, 0.717) is 5.56 Å². The van der Waals surface area contributed by atoms with E-state index in [1.54, 1.807) is 19.9 Å². The van der Waals surface area contributed by atoms with Gasteiger partial charge in [0, 0.05) is 12.6 Å². The third kappa shape index (κ3) is 5.41. The number of halogens is 2. The van der Waals surface area contributed by atoms with Crippen LogP contribution in [0.3, 0.4) is 0 Å². The molecule has 0 aliphatic carbocycles. The van der Waals surface area contributed by atoms with Crippen molar-refractivity contribution in [3.8, 4) is 0 Å². The monoisotopic (exact) mass is 350 g/mol. The summed E-state index contributed by atoms with van der Waals surface area (Å²) in [4.78, 5) is 24.3. The van der Waals surface area contributed by atoms with Crippen molar-refractivity contribution in [1.29, 1.82) is 0 Å². The Morgan fingerprint density at radius 3 is 2.40 bits per heavy atom. The maximum atomic E-state index is 13.1. The second-order valence-corrected chi connectivity index (χ2v) is 5.99. The Morgan fingerprint density at radius 2 is 1.84 bits per heavy atom. The lowest BCUT2D eigenvalue weighted by atomic mass is 10.0. The number of rotatable bonds is 7. The van der Waals surface area contributed by atoms with Crippen LogP contribution in [0.2, 0.25) is 0 Å². The zero-order chi connectivity index (χ0) is 18.4. The van der Waals surface area contributed by atoms with Crippen molar-refractivity contribution >= 4 is 11.8 Å². The molecule has 1 heterocycles. The minimum atomic E-state index is -0.748. The van der Waals surface area contributed by atoms with Crippen LogP contribution in [0, 0.1) is 17.6 Å². The third-order valence-corrected chi connectivity index (χ3v) is 3.62. The van der Waals surface area contributed by atoms with Gasteiger partial charge in [-0.1, -0.05) is 13.8 Å². The molecule has 25 heavy (non-hydrogen) atoms. The van der Waals surface area contributed by atoms with E-state index in [1.165, 1.54) is 24.5 Å². The highest BCUT2D eigenvalue weighted by Gasteiger charge is 2.25. The first-order chi connectivity index (χ1) is 11.9. The minimum absolute atomic E-state index is 0.119. The van der Waals surface area contributed by atoms with E-state index in [0.717, 1.165) is 6.07 Å². The van der Waals surface area contributed by atoms with Crippen molar-refractivity contribution in [3.05, 3.63) is 59.6 Å². The van der Waals surface area contributed by atoms with Crippen LogP contribution in [0.1, 0.15) is 30.0 Å². The molecule has 134 valence electrons. The number of amides is 2. The molecule has 1 aromatic carbocycles. The molecule has 0 aliphatic rings. The Balaban J connectivity index is 1.90. The molecule has 0 fully saturated rings. The van der Waals surface area contributed by atoms with E-state index in [9.17, 15) is 18.4 Å². The van der Waals surface area contributed by atoms with Crippen molar-refractivity contribution in [3.63, 3.8) is 0 Å². The molecular weight excluding hydrogens is 330 g/mol. The van der Waals surface area contributed by atoms with Crippen molar-refractivity contribution in [1.82, 2.24) is 10.6 Å². The maximum absolute atomic E-state index is 13.1. The van der Waals surface area contributed by atoms with E-state index in [2.05, 4.69) is 10.6 Å². The first-order valence-electron chi connectivity index (χ1n) is 7.94. The van der Waals surface area contributed by atoms with E-state index in [-0.39, 0.29) is 30.6 Å². The van der Waals surface area contributed by atoms with Crippen LogP contribution >= 0.6 is 0 Å². The Morgan fingerprint density at radius 1 is 1.16 bits per heavy atom. The second-order valence-electron chi connectivity index (χ2n) is 5.99. The summed E-state index contributed by atoms with van der Waals surface area (Å²) >= 11 is 0. The van der Waals surface area contributed by atoms with Crippen molar-refractivity contribution < 1.29 is 22.8 Å². The summed E-state index contributed by atoms with van der Waals surface area (Å²) in [5.41, 5.74) is 0.443. The zero-order valence-electron chi connectivity index (χ0n) is 14.0. The molecule has 0 radical (unpaired) electrons. The predicted octanol–water partition coefficient (Wildman–Crippen LogP) is 2.67. The number of benzene rings is 1. The Kier molecular flexibility index (Phi) is 6.27. The first-order valence-corrected chi connectivity index (χ1v) is 7.94. The molecule has 2 rings (SSSR count). The largest absolute Gasteiger partial charge is 0.459 e. The molecule has 2 amide bonds. The highest BCUT2D eigenvalue weighted by atomic mass is 19.1. The van der Waals surface area contributed by atoms with Crippen LogP contribution in [-0.4, -0.2) is 24.4 Å². The van der Waals surface area contributed by atoms with E-state index in [4.69, 9.17) is 4.42 Å². The molecule has 1 atom stereocenters. The van der Waals surface area contributed by atoms with Gasteiger partial charge in [-0.05, 0) is 42.2 Å². The fourth-order valence-corrected chi connectivity index (χ4v) is 2.35. The van der Waals surface area contributed by atoms with Gasteiger partial charge >= 0.3 is 0 Å². The van der Waals surface area contributed by atoms with Gasteiger partial charge in [0.1, 0.15) is 17.7 Å². The average Bonchev–Trinajstić information content (AvgIpc) is 3.05. The second kappa shape index (κ2) is 8.41. The number of hydrogen-bond donors (Lipinski definition) is 2. The standard InChI is InChI=1S/C18H20F2N2O3/c1-11(2)16(22-17(23)15-4-3-7-25-15)18(24)21-6-5-12-8-13(19)10-14(20)9-12/h3-4,7-11,16H,5-6H2,1-2H3,(H,21,24)(H,22,23)/t16-/m1/s1. The molecule has 0 spiro atoms. The van der Waals surface area contributed by atoms with Gasteiger partial charge in [0.2, 0.25) is 5.91 Å². The molecule has 2 N–H and O–H groups in total. The van der Waals surface area contributed by atoms with Crippen LogP contribution in [0.4, 0.5) is 8.78 Å². The average molecular weight is 350 g/mol. The molecule has 0 saturated heterocycles. The Bertz CT molecular complexity index is 710. The van der Waals surface area contributed by atoms with Crippen LogP contribution in [0.25, 0.3) is 0 Å². The highest BCUT2D eigenvalue weighted by Crippen LogP contribution is 2.09. The van der Waals surface area contributed by atoms with E-state index in [1.807, 2.05) is 0 Å². The summed E-state index contributed by atoms with van der Waals surface area (Å²) in [6.45, 7) is 3.80. The number of hydrogen-bond acceptors (Lipinski definition) is 3. The number of carbonyl (C=O) groups excluding carboxylic acids is 2. The van der Waals surface area contributed by atoms with Crippen LogP contribution in [0.5, 0.6) is 0 Å². The van der Waals surface area contributed by atoms with Gasteiger partial charge in [0.05, 0.1) is 6.26 Å². The van der Waals surface area contributed by atoms with Crippen LogP contribution < -0.4 is 10.6 Å². The molecule has 0 saturated carbocycles. The fourth-order valence-electron chi connectivity index (χ4n) is 2.35. The molecule has 5 nitrogen and oxygen atoms in total. The Hall–Kier alpha value is -2.70. The topological polar surface area (TPSA) is 71.3 Å². The molecular formula is C18H20F2N2O3. The Labute approximate surface area is 144 Å². The van der Waals surface area contributed by atoms with Gasteiger partial charge in [0.15, 0.2) is 5.76 Å². The summed E-state index contributed by atoms with van der Waals surface area (Å²) in [6, 6.07) is 5.56. The summed E-state index contributed by atoms with van der Waals surface area (Å²) < 4.78 is 31.3. The molecule has 2 aromatic rings. The lowest BCUT2D eigenvalue weighted by Crippen LogP contribution is -2.50. The number of furan rings is 1. The van der Waals surface area contributed by atoms with Gasteiger partial charge in [-0.25, -0.2) is 8.78 Å². The number of carbonyl (C=O) groups is 2. The molecule has 0 bridgehead atoms. The van der Waals surface area contributed by atoms with E-state index < -0.39 is 23.6 Å². The minimum Gasteiger partial charge on any atom is -0.459 e. The van der Waals surface area contributed by atoms with Crippen molar-refractivity contribution in [2.75, 3.05) is 6.54 Å². The molecule has 0 aliphatic heterocycles. The molecule has 1 aromatic heterocycles. The van der Waals surface area contributed by atoms with Crippen LogP contribution in [-0.2, 0) is 11.2 Å². The quantitative estimate of drug-likeness (QED) is 0.806. The SMILES string of the molecule is CC(C)[C@@H](NC(=O)c1ccco1)C(=O)NCCc1cc(F)cc(F)c1. The summed E-state index contributed by atoms with van der Waals surface area (Å²) in [6.07, 6.45) is 1.65. The van der Waals surface area contributed by atoms with Gasteiger partial charge in [-0.2, -0.15) is 0 Å². The van der Waals surface area contributed by atoms with Gasteiger partial charge in [-0.3, -0.25) is 9.59 Å². The lowest BCUT2D eigenvalue weighted by molar-refractivity contribution is -0.123. The lowest BCUT2D eigenvalue weighted by Gasteiger charge is -2.21. The van der Waals surface area contributed by atoms with Gasteiger partial charge in [0.25, 0.3) is 5.91 Å². The maximum Gasteiger partial charge on any atom is 0.287 e. The van der Waals surface area contributed by atoms with Gasteiger partial charge < -0.3 is 15.1 Å². The van der Waals surface area contributed by atoms with E-state index >= 15 is 0 Å². The fraction of sp³-hybridized carbons (Fsp3) is 0.333. The highest BCUT2D eigenvalue weighted by molar-refractivity contribution is 5.95. The normalized spacial score (nSPS) is 12.0.